The lowest BCUT2D eigenvalue weighted by molar-refractivity contribution is 0.0997. The lowest BCUT2D eigenvalue weighted by atomic mass is 10.1. The molecular weight excluding hydrogens is 252 g/mol. The Morgan fingerprint density at radius 3 is 2.60 bits per heavy atom. The molecule has 5 heteroatoms. The number of aromatic nitrogens is 2. The monoisotopic (exact) mass is 266 g/mol. The fourth-order valence-electron chi connectivity index (χ4n) is 2.24. The van der Waals surface area contributed by atoms with Gasteiger partial charge in [-0.2, -0.15) is 0 Å². The third-order valence-electron chi connectivity index (χ3n) is 3.28. The molecule has 0 spiro atoms. The molecule has 1 aromatic heterocycles. The van der Waals surface area contributed by atoms with Crippen molar-refractivity contribution < 1.29 is 4.79 Å². The predicted octanol–water partition coefficient (Wildman–Crippen LogP) is 1.77. The number of carbonyl (C=O) groups is 1. The zero-order chi connectivity index (χ0) is 14.1. The molecule has 0 bridgehead atoms. The van der Waals surface area contributed by atoms with Gasteiger partial charge in [0.25, 0.3) is 5.91 Å². The van der Waals surface area contributed by atoms with E-state index in [4.69, 9.17) is 11.5 Å². The summed E-state index contributed by atoms with van der Waals surface area (Å²) in [5, 5.41) is 2.35. The Balaban J connectivity index is 1.95. The van der Waals surface area contributed by atoms with Crippen LogP contribution >= 0.6 is 0 Å². The Bertz CT molecular complexity index is 791. The van der Waals surface area contributed by atoms with Crippen LogP contribution in [0.2, 0.25) is 0 Å². The molecule has 0 aliphatic rings. The lowest BCUT2D eigenvalue weighted by Gasteiger charge is -2.07. The van der Waals surface area contributed by atoms with E-state index < -0.39 is 5.91 Å². The summed E-state index contributed by atoms with van der Waals surface area (Å²) in [4.78, 5) is 15.1. The van der Waals surface area contributed by atoms with Gasteiger partial charge in [0.1, 0.15) is 5.82 Å². The highest BCUT2D eigenvalue weighted by Crippen LogP contribution is 2.18. The highest BCUT2D eigenvalue weighted by atomic mass is 16.1. The quantitative estimate of drug-likeness (QED) is 0.757. The van der Waals surface area contributed by atoms with Crippen LogP contribution in [0.5, 0.6) is 0 Å². The van der Waals surface area contributed by atoms with E-state index in [1.54, 1.807) is 4.57 Å². The van der Waals surface area contributed by atoms with Gasteiger partial charge >= 0.3 is 0 Å². The van der Waals surface area contributed by atoms with E-state index in [9.17, 15) is 4.79 Å². The summed E-state index contributed by atoms with van der Waals surface area (Å²) in [6, 6.07) is 14.3. The Kier molecular flexibility index (Phi) is 2.87. The van der Waals surface area contributed by atoms with Crippen LogP contribution in [0.15, 0.2) is 48.8 Å². The summed E-state index contributed by atoms with van der Waals surface area (Å²) < 4.78 is 1.71. The maximum absolute atomic E-state index is 11.1. The molecule has 5 nitrogen and oxygen atoms in total. The van der Waals surface area contributed by atoms with Crippen LogP contribution in [0, 0.1) is 0 Å². The number of nitrogens with zero attached hydrogens (tertiary/aromatic N) is 2. The summed E-state index contributed by atoms with van der Waals surface area (Å²) in [5.74, 6) is -0.314. The number of fused-ring (bicyclic) bond motifs is 1. The van der Waals surface area contributed by atoms with E-state index in [0.29, 0.717) is 12.4 Å². The van der Waals surface area contributed by atoms with Crippen molar-refractivity contribution in [3.05, 3.63) is 60.0 Å². The lowest BCUT2D eigenvalue weighted by Crippen LogP contribution is -2.14. The third kappa shape index (κ3) is 2.09. The normalized spacial score (nSPS) is 10.8. The zero-order valence-corrected chi connectivity index (χ0v) is 10.8. The van der Waals surface area contributed by atoms with Gasteiger partial charge in [0.2, 0.25) is 0 Å². The maximum Gasteiger partial charge on any atom is 0.271 e. The third-order valence-corrected chi connectivity index (χ3v) is 3.28. The maximum atomic E-state index is 11.1. The first-order valence-corrected chi connectivity index (χ1v) is 6.23. The number of hydrogen-bond acceptors (Lipinski definition) is 3. The second-order valence-corrected chi connectivity index (χ2v) is 4.65. The van der Waals surface area contributed by atoms with Crippen molar-refractivity contribution in [3.8, 4) is 0 Å². The number of primary amides is 1. The number of nitrogens with two attached hydrogens (primary N) is 2. The summed E-state index contributed by atoms with van der Waals surface area (Å²) >= 11 is 0. The minimum absolute atomic E-state index is 0.116. The van der Waals surface area contributed by atoms with Crippen LogP contribution in [-0.2, 0) is 6.54 Å². The summed E-state index contributed by atoms with van der Waals surface area (Å²) in [5.41, 5.74) is 12.3. The van der Waals surface area contributed by atoms with Crippen LogP contribution in [-0.4, -0.2) is 15.5 Å². The standard InChI is InChI=1S/C15H14N4O/c16-14-13(15(17)20)18-9-19(14)8-10-5-6-11-3-1-2-4-12(11)7-10/h1-7,9H,8,16H2,(H2,17,20). The first-order chi connectivity index (χ1) is 9.65. The van der Waals surface area contributed by atoms with Crippen LogP contribution in [0.25, 0.3) is 10.8 Å². The van der Waals surface area contributed by atoms with Crippen LogP contribution in [0.4, 0.5) is 5.82 Å². The molecule has 0 aliphatic carbocycles. The molecule has 0 unspecified atom stereocenters. The molecule has 20 heavy (non-hydrogen) atoms. The van der Waals surface area contributed by atoms with Crippen molar-refractivity contribution in [1.82, 2.24) is 9.55 Å². The summed E-state index contributed by atoms with van der Waals surface area (Å²) in [7, 11) is 0. The van der Waals surface area contributed by atoms with Crippen LogP contribution in [0.1, 0.15) is 16.1 Å². The van der Waals surface area contributed by atoms with Crippen molar-refractivity contribution in [2.45, 2.75) is 6.54 Å². The molecule has 4 N–H and O–H groups in total. The fourth-order valence-corrected chi connectivity index (χ4v) is 2.24. The van der Waals surface area contributed by atoms with Gasteiger partial charge in [-0.15, -0.1) is 0 Å². The van der Waals surface area contributed by atoms with E-state index in [1.165, 1.54) is 17.1 Å². The Labute approximate surface area is 115 Å². The van der Waals surface area contributed by atoms with E-state index in [0.717, 1.165) is 5.56 Å². The molecule has 100 valence electrons. The van der Waals surface area contributed by atoms with Crippen molar-refractivity contribution in [2.75, 3.05) is 5.73 Å². The molecule has 1 amide bonds. The fraction of sp³-hybridized carbons (Fsp3) is 0.0667. The Morgan fingerprint density at radius 1 is 1.15 bits per heavy atom. The van der Waals surface area contributed by atoms with Crippen molar-refractivity contribution in [2.24, 2.45) is 5.73 Å². The van der Waals surface area contributed by atoms with Gasteiger partial charge in [0.05, 0.1) is 12.9 Å². The molecule has 0 saturated heterocycles. The number of amides is 1. The molecule has 1 heterocycles. The number of anilines is 1. The molecule has 0 saturated carbocycles. The van der Waals surface area contributed by atoms with Crippen molar-refractivity contribution >= 4 is 22.5 Å². The number of rotatable bonds is 3. The highest BCUT2D eigenvalue weighted by molar-refractivity contribution is 5.95. The second kappa shape index (κ2) is 4.70. The first-order valence-electron chi connectivity index (χ1n) is 6.23. The number of hydrogen-bond donors (Lipinski definition) is 2. The summed E-state index contributed by atoms with van der Waals surface area (Å²) in [6.45, 7) is 0.553. The largest absolute Gasteiger partial charge is 0.383 e. The molecule has 2 aromatic carbocycles. The van der Waals surface area contributed by atoms with Crippen LogP contribution < -0.4 is 11.5 Å². The van der Waals surface area contributed by atoms with E-state index in [-0.39, 0.29) is 5.69 Å². The number of benzene rings is 2. The number of imidazole rings is 1. The number of nitrogen functional groups attached to an aromatic ring is 1. The second-order valence-electron chi connectivity index (χ2n) is 4.65. The topological polar surface area (TPSA) is 86.9 Å². The van der Waals surface area contributed by atoms with Crippen LogP contribution in [0.3, 0.4) is 0 Å². The molecule has 3 aromatic rings. The zero-order valence-electron chi connectivity index (χ0n) is 10.8. The number of carbonyl (C=O) groups excluding carboxylic acids is 1. The molecule has 3 rings (SSSR count). The molecule has 0 fully saturated rings. The average Bonchev–Trinajstić information content (AvgIpc) is 2.80. The smallest absolute Gasteiger partial charge is 0.271 e. The van der Waals surface area contributed by atoms with Crippen molar-refractivity contribution in [3.63, 3.8) is 0 Å². The molecular formula is C15H14N4O. The van der Waals surface area contributed by atoms with Gasteiger partial charge in [-0.3, -0.25) is 4.79 Å². The Hall–Kier alpha value is -2.82. The molecule has 0 radical (unpaired) electrons. The predicted molar refractivity (Wildman–Crippen MR) is 78.2 cm³/mol. The van der Waals surface area contributed by atoms with E-state index in [2.05, 4.69) is 29.2 Å². The first kappa shape index (κ1) is 12.2. The van der Waals surface area contributed by atoms with Gasteiger partial charge in [0.15, 0.2) is 5.69 Å². The highest BCUT2D eigenvalue weighted by Gasteiger charge is 2.12. The van der Waals surface area contributed by atoms with Gasteiger partial charge in [0, 0.05) is 0 Å². The van der Waals surface area contributed by atoms with Gasteiger partial charge < -0.3 is 16.0 Å². The molecule has 0 aliphatic heterocycles. The van der Waals surface area contributed by atoms with Crippen molar-refractivity contribution in [1.29, 1.82) is 0 Å². The van der Waals surface area contributed by atoms with Gasteiger partial charge in [-0.1, -0.05) is 36.4 Å². The minimum Gasteiger partial charge on any atom is -0.383 e. The van der Waals surface area contributed by atoms with Gasteiger partial charge in [-0.05, 0) is 22.4 Å². The van der Waals surface area contributed by atoms with E-state index >= 15 is 0 Å². The Morgan fingerprint density at radius 2 is 1.90 bits per heavy atom. The average molecular weight is 266 g/mol. The molecule has 0 atom stereocenters. The minimum atomic E-state index is -0.611. The summed E-state index contributed by atoms with van der Waals surface area (Å²) in [6.07, 6.45) is 1.53. The van der Waals surface area contributed by atoms with E-state index in [1.807, 2.05) is 18.2 Å². The SMILES string of the molecule is NC(=O)c1ncn(Cc2ccc3ccccc3c2)c1N. The van der Waals surface area contributed by atoms with Gasteiger partial charge in [-0.25, -0.2) is 4.98 Å².